The SMILES string of the molecule is C=CC(C)N(CCN)Cc1ccccc1. The molecule has 0 aliphatic rings. The van der Waals surface area contributed by atoms with Gasteiger partial charge in [-0.15, -0.1) is 6.58 Å². The van der Waals surface area contributed by atoms with E-state index in [4.69, 9.17) is 5.73 Å². The van der Waals surface area contributed by atoms with Crippen molar-refractivity contribution < 1.29 is 0 Å². The van der Waals surface area contributed by atoms with E-state index in [1.54, 1.807) is 0 Å². The van der Waals surface area contributed by atoms with Gasteiger partial charge in [0.2, 0.25) is 0 Å². The molecule has 82 valence electrons. The first kappa shape index (κ1) is 12.0. The highest BCUT2D eigenvalue weighted by atomic mass is 15.1. The Morgan fingerprint density at radius 2 is 2.07 bits per heavy atom. The molecule has 0 spiro atoms. The summed E-state index contributed by atoms with van der Waals surface area (Å²) in [5, 5.41) is 0. The van der Waals surface area contributed by atoms with Crippen molar-refractivity contribution in [2.45, 2.75) is 19.5 Å². The van der Waals surface area contributed by atoms with Crippen molar-refractivity contribution in [3.8, 4) is 0 Å². The van der Waals surface area contributed by atoms with Gasteiger partial charge in [-0.3, -0.25) is 4.90 Å². The minimum Gasteiger partial charge on any atom is -0.329 e. The summed E-state index contributed by atoms with van der Waals surface area (Å²) in [5.74, 6) is 0. The van der Waals surface area contributed by atoms with Crippen LogP contribution in [0.3, 0.4) is 0 Å². The third-order valence-corrected chi connectivity index (χ3v) is 2.56. The van der Waals surface area contributed by atoms with Gasteiger partial charge in [0.25, 0.3) is 0 Å². The molecule has 2 heteroatoms. The van der Waals surface area contributed by atoms with Crippen LogP contribution in [-0.2, 0) is 6.54 Å². The summed E-state index contributed by atoms with van der Waals surface area (Å²) in [6, 6.07) is 10.8. The van der Waals surface area contributed by atoms with Crippen LogP contribution in [0.15, 0.2) is 43.0 Å². The van der Waals surface area contributed by atoms with Gasteiger partial charge in [-0.2, -0.15) is 0 Å². The maximum atomic E-state index is 5.60. The third-order valence-electron chi connectivity index (χ3n) is 2.56. The largest absolute Gasteiger partial charge is 0.329 e. The minimum atomic E-state index is 0.369. The van der Waals surface area contributed by atoms with Crippen LogP contribution in [0.1, 0.15) is 12.5 Å². The van der Waals surface area contributed by atoms with Crippen molar-refractivity contribution >= 4 is 0 Å². The van der Waals surface area contributed by atoms with Crippen molar-refractivity contribution in [2.75, 3.05) is 13.1 Å². The van der Waals surface area contributed by atoms with E-state index in [0.717, 1.165) is 13.1 Å². The fraction of sp³-hybridized carbons (Fsp3) is 0.385. The molecule has 0 fully saturated rings. The first-order valence-electron chi connectivity index (χ1n) is 5.38. The van der Waals surface area contributed by atoms with Crippen LogP contribution < -0.4 is 5.73 Å². The van der Waals surface area contributed by atoms with Crippen LogP contribution >= 0.6 is 0 Å². The molecule has 0 aliphatic carbocycles. The van der Waals surface area contributed by atoms with Crippen LogP contribution in [0.25, 0.3) is 0 Å². The molecule has 1 atom stereocenters. The lowest BCUT2D eigenvalue weighted by molar-refractivity contribution is 0.239. The van der Waals surface area contributed by atoms with Crippen LogP contribution in [0.4, 0.5) is 0 Å². The summed E-state index contributed by atoms with van der Waals surface area (Å²) < 4.78 is 0. The van der Waals surface area contributed by atoms with E-state index in [0.29, 0.717) is 12.6 Å². The van der Waals surface area contributed by atoms with E-state index >= 15 is 0 Å². The molecule has 1 aromatic carbocycles. The lowest BCUT2D eigenvalue weighted by Crippen LogP contribution is -2.35. The van der Waals surface area contributed by atoms with Crippen molar-refractivity contribution in [2.24, 2.45) is 5.73 Å². The van der Waals surface area contributed by atoms with Gasteiger partial charge in [0.15, 0.2) is 0 Å². The molecule has 0 aromatic heterocycles. The smallest absolute Gasteiger partial charge is 0.0251 e. The first-order chi connectivity index (χ1) is 7.27. The quantitative estimate of drug-likeness (QED) is 0.718. The maximum Gasteiger partial charge on any atom is 0.0251 e. The molecule has 0 amide bonds. The van der Waals surface area contributed by atoms with Gasteiger partial charge < -0.3 is 5.73 Å². The van der Waals surface area contributed by atoms with Gasteiger partial charge >= 0.3 is 0 Å². The second kappa shape index (κ2) is 6.38. The average molecular weight is 204 g/mol. The zero-order chi connectivity index (χ0) is 11.1. The number of hydrogen-bond donors (Lipinski definition) is 1. The van der Waals surface area contributed by atoms with Gasteiger partial charge in [-0.1, -0.05) is 36.4 Å². The molecular formula is C13H20N2. The Labute approximate surface area is 92.4 Å². The van der Waals surface area contributed by atoms with Crippen molar-refractivity contribution in [3.63, 3.8) is 0 Å². The molecule has 0 saturated carbocycles. The van der Waals surface area contributed by atoms with Crippen molar-refractivity contribution in [3.05, 3.63) is 48.6 Å². The first-order valence-corrected chi connectivity index (χ1v) is 5.38. The lowest BCUT2D eigenvalue weighted by Gasteiger charge is -2.26. The summed E-state index contributed by atoms with van der Waals surface area (Å²) in [5.41, 5.74) is 6.92. The monoisotopic (exact) mass is 204 g/mol. The molecule has 1 rings (SSSR count). The standard InChI is InChI=1S/C13H20N2/c1-3-12(2)15(10-9-14)11-13-7-5-4-6-8-13/h3-8,12H,1,9-11,14H2,2H3. The number of rotatable bonds is 6. The highest BCUT2D eigenvalue weighted by Crippen LogP contribution is 2.07. The Bertz CT molecular complexity index is 282. The number of benzene rings is 1. The predicted molar refractivity (Wildman–Crippen MR) is 65.6 cm³/mol. The van der Waals surface area contributed by atoms with E-state index < -0.39 is 0 Å². The van der Waals surface area contributed by atoms with E-state index in [1.165, 1.54) is 5.56 Å². The van der Waals surface area contributed by atoms with Crippen molar-refractivity contribution in [1.29, 1.82) is 0 Å². The lowest BCUT2D eigenvalue weighted by atomic mass is 10.2. The summed E-state index contributed by atoms with van der Waals surface area (Å²) in [7, 11) is 0. The molecule has 0 bridgehead atoms. The van der Waals surface area contributed by atoms with Crippen LogP contribution in [0, 0.1) is 0 Å². The number of hydrogen-bond acceptors (Lipinski definition) is 2. The van der Waals surface area contributed by atoms with Crippen LogP contribution in [0.5, 0.6) is 0 Å². The highest BCUT2D eigenvalue weighted by Gasteiger charge is 2.09. The molecule has 0 heterocycles. The van der Waals surface area contributed by atoms with E-state index in [9.17, 15) is 0 Å². The van der Waals surface area contributed by atoms with Gasteiger partial charge in [0.1, 0.15) is 0 Å². The van der Waals surface area contributed by atoms with Gasteiger partial charge in [-0.25, -0.2) is 0 Å². The molecule has 2 N–H and O–H groups in total. The predicted octanol–water partition coefficient (Wildman–Crippen LogP) is 2.02. The zero-order valence-electron chi connectivity index (χ0n) is 9.39. The third kappa shape index (κ3) is 3.86. The summed E-state index contributed by atoms with van der Waals surface area (Å²) in [6.45, 7) is 8.49. The normalized spacial score (nSPS) is 12.7. The summed E-state index contributed by atoms with van der Waals surface area (Å²) >= 11 is 0. The Kier molecular flexibility index (Phi) is 5.08. The number of nitrogens with two attached hydrogens (primary N) is 1. The molecule has 0 radical (unpaired) electrons. The second-order valence-electron chi connectivity index (χ2n) is 3.72. The van der Waals surface area contributed by atoms with E-state index in [1.807, 2.05) is 12.1 Å². The molecule has 0 aliphatic heterocycles. The van der Waals surface area contributed by atoms with Gasteiger partial charge in [0.05, 0.1) is 0 Å². The topological polar surface area (TPSA) is 29.3 Å². The van der Waals surface area contributed by atoms with Crippen LogP contribution in [-0.4, -0.2) is 24.0 Å². The van der Waals surface area contributed by atoms with Crippen molar-refractivity contribution in [1.82, 2.24) is 4.90 Å². The van der Waals surface area contributed by atoms with E-state index in [2.05, 4.69) is 42.7 Å². The highest BCUT2D eigenvalue weighted by molar-refractivity contribution is 5.14. The zero-order valence-corrected chi connectivity index (χ0v) is 9.39. The van der Waals surface area contributed by atoms with Crippen LogP contribution in [0.2, 0.25) is 0 Å². The molecule has 1 unspecified atom stereocenters. The molecule has 1 aromatic rings. The molecular weight excluding hydrogens is 184 g/mol. The van der Waals surface area contributed by atoms with Gasteiger partial charge in [-0.05, 0) is 12.5 Å². The molecule has 0 saturated heterocycles. The Morgan fingerprint density at radius 1 is 1.40 bits per heavy atom. The second-order valence-corrected chi connectivity index (χ2v) is 3.72. The Balaban J connectivity index is 2.62. The summed E-state index contributed by atoms with van der Waals surface area (Å²) in [4.78, 5) is 2.32. The maximum absolute atomic E-state index is 5.60. The van der Waals surface area contributed by atoms with E-state index in [-0.39, 0.29) is 0 Å². The Morgan fingerprint density at radius 3 is 2.60 bits per heavy atom. The average Bonchev–Trinajstić information content (AvgIpc) is 2.29. The van der Waals surface area contributed by atoms with Gasteiger partial charge in [0, 0.05) is 25.7 Å². The summed E-state index contributed by atoms with van der Waals surface area (Å²) in [6.07, 6.45) is 1.96. The molecule has 2 nitrogen and oxygen atoms in total. The molecule has 15 heavy (non-hydrogen) atoms. The number of nitrogens with zero attached hydrogens (tertiary/aromatic N) is 1. The Hall–Kier alpha value is -1.12. The fourth-order valence-electron chi connectivity index (χ4n) is 1.56. The minimum absolute atomic E-state index is 0.369. The fourth-order valence-corrected chi connectivity index (χ4v) is 1.56.